The lowest BCUT2D eigenvalue weighted by Gasteiger charge is -2.16. The average Bonchev–Trinajstić information content (AvgIpc) is 3.54. The number of nitrogens with zero attached hydrogens (tertiary/aromatic N) is 1. The summed E-state index contributed by atoms with van der Waals surface area (Å²) in [4.78, 5) is 9.09. The minimum absolute atomic E-state index is 0.999. The number of nitrogens with one attached hydrogen (secondary N) is 1. The maximum absolute atomic E-state index is 5.34. The molecule has 0 unspecified atom stereocenters. The van der Waals surface area contributed by atoms with Crippen LogP contribution in [0.25, 0.3) is 23.0 Å². The quantitative estimate of drug-likeness (QED) is 0.233. The third-order valence-corrected chi connectivity index (χ3v) is 8.36. The number of H-pyrrole nitrogens is 1. The molecule has 0 amide bonds. The lowest BCUT2D eigenvalue weighted by Crippen LogP contribution is -2.10. The summed E-state index contributed by atoms with van der Waals surface area (Å²) in [5.74, 6) is 0. The van der Waals surface area contributed by atoms with Crippen LogP contribution in [0.2, 0.25) is 0 Å². The molecule has 36 heavy (non-hydrogen) atoms. The smallest absolute Gasteiger partial charge is 0.0794 e. The van der Waals surface area contributed by atoms with E-state index in [4.69, 9.17) is 4.99 Å². The molecule has 1 aromatic heterocycles. The first-order valence-corrected chi connectivity index (χ1v) is 13.9. The highest BCUT2D eigenvalue weighted by atomic mass is 79.9. The van der Waals surface area contributed by atoms with Crippen molar-refractivity contribution in [3.8, 4) is 11.3 Å². The summed E-state index contributed by atoms with van der Waals surface area (Å²) in [7, 11) is 0. The van der Waals surface area contributed by atoms with Crippen molar-refractivity contribution in [1.82, 2.24) is 4.98 Å². The van der Waals surface area contributed by atoms with Gasteiger partial charge in [-0.2, -0.15) is 0 Å². The van der Waals surface area contributed by atoms with E-state index in [0.29, 0.717) is 0 Å². The summed E-state index contributed by atoms with van der Waals surface area (Å²) in [5, 5.41) is 0. The van der Waals surface area contributed by atoms with Crippen LogP contribution in [0, 0.1) is 6.92 Å². The summed E-state index contributed by atoms with van der Waals surface area (Å²) in [6, 6.07) is 20.1. The van der Waals surface area contributed by atoms with Crippen LogP contribution in [0.3, 0.4) is 0 Å². The van der Waals surface area contributed by atoms with Crippen LogP contribution in [-0.2, 0) is 25.7 Å². The van der Waals surface area contributed by atoms with Gasteiger partial charge >= 0.3 is 0 Å². The van der Waals surface area contributed by atoms with Gasteiger partial charge in [0.15, 0.2) is 0 Å². The van der Waals surface area contributed by atoms with E-state index in [2.05, 4.69) is 109 Å². The van der Waals surface area contributed by atoms with Crippen molar-refractivity contribution in [3.63, 3.8) is 0 Å². The molecule has 4 aromatic rings. The first-order chi connectivity index (χ1) is 17.5. The highest BCUT2D eigenvalue weighted by Gasteiger charge is 2.27. The minimum Gasteiger partial charge on any atom is -0.354 e. The van der Waals surface area contributed by atoms with Gasteiger partial charge in [-0.3, -0.25) is 0 Å². The van der Waals surface area contributed by atoms with Gasteiger partial charge in [0.2, 0.25) is 0 Å². The molecule has 1 aliphatic carbocycles. The lowest BCUT2D eigenvalue weighted by molar-refractivity contribution is 1.03. The van der Waals surface area contributed by atoms with Gasteiger partial charge in [0.1, 0.15) is 0 Å². The van der Waals surface area contributed by atoms with Gasteiger partial charge in [0, 0.05) is 44.5 Å². The molecule has 2 nitrogen and oxygen atoms in total. The van der Waals surface area contributed by atoms with Gasteiger partial charge in [-0.05, 0) is 77.8 Å². The normalized spacial score (nSPS) is 14.7. The Balaban J connectivity index is 1.53. The van der Waals surface area contributed by atoms with Gasteiger partial charge in [-0.15, -0.1) is 0 Å². The van der Waals surface area contributed by atoms with Crippen LogP contribution in [0.5, 0.6) is 0 Å². The fraction of sp³-hybridized carbons (Fsp3) is 0.242. The Morgan fingerprint density at radius 1 is 0.889 bits per heavy atom. The van der Waals surface area contributed by atoms with Gasteiger partial charge < -0.3 is 4.98 Å². The summed E-state index contributed by atoms with van der Waals surface area (Å²) in [6.45, 7) is 8.99. The van der Waals surface area contributed by atoms with E-state index in [0.717, 1.165) is 47.3 Å². The molecular weight excluding hydrogens is 504 g/mol. The molecule has 0 saturated heterocycles. The Morgan fingerprint density at radius 2 is 1.64 bits per heavy atom. The molecule has 3 heteroatoms. The molecular formula is C33H31BrN2. The molecule has 0 bridgehead atoms. The molecule has 180 valence electrons. The molecule has 0 fully saturated rings. The molecule has 2 aliphatic rings. The number of rotatable bonds is 5. The number of aliphatic imine (C=N–C) groups is 1. The number of aryl methyl sites for hydroxylation is 3. The molecule has 1 N–H and O–H groups in total. The van der Waals surface area contributed by atoms with E-state index in [1.54, 1.807) is 0 Å². The molecule has 1 aliphatic heterocycles. The fourth-order valence-electron chi connectivity index (χ4n) is 5.88. The Kier molecular flexibility index (Phi) is 5.84. The Hall–Kier alpha value is -3.17. The van der Waals surface area contributed by atoms with E-state index in [-0.39, 0.29) is 0 Å². The number of hydrogen-bond acceptors (Lipinski definition) is 1. The standard InChI is InChI=1S/C33H31BrN2/c1-5-20-14-21(6-2)31(22(7-3)15-20)33-28-17-24(34)12-13-26(28)30(36-33)18-29-19(4)27-16-23-10-8-9-11-25(23)32(27)35-29/h8-15,17-18,35H,5-7,16H2,1-4H3. The maximum Gasteiger partial charge on any atom is 0.0794 e. The van der Waals surface area contributed by atoms with E-state index >= 15 is 0 Å². The Morgan fingerprint density at radius 3 is 2.36 bits per heavy atom. The second kappa shape index (κ2) is 9.05. The van der Waals surface area contributed by atoms with Crippen molar-refractivity contribution in [1.29, 1.82) is 0 Å². The predicted octanol–water partition coefficient (Wildman–Crippen LogP) is 8.69. The van der Waals surface area contributed by atoms with Crippen LogP contribution in [0.4, 0.5) is 0 Å². The van der Waals surface area contributed by atoms with Crippen molar-refractivity contribution in [2.24, 2.45) is 4.99 Å². The topological polar surface area (TPSA) is 28.1 Å². The Labute approximate surface area is 222 Å². The number of fused-ring (bicyclic) bond motifs is 4. The van der Waals surface area contributed by atoms with Crippen LogP contribution in [-0.4, -0.2) is 10.7 Å². The molecule has 6 rings (SSSR count). The monoisotopic (exact) mass is 534 g/mol. The molecule has 0 atom stereocenters. The van der Waals surface area contributed by atoms with Crippen molar-refractivity contribution in [3.05, 3.63) is 115 Å². The van der Waals surface area contributed by atoms with Gasteiger partial charge in [-0.1, -0.05) is 79.2 Å². The number of aromatic nitrogens is 1. The summed E-state index contributed by atoms with van der Waals surface area (Å²) >= 11 is 3.72. The van der Waals surface area contributed by atoms with Crippen LogP contribution >= 0.6 is 15.9 Å². The summed E-state index contributed by atoms with van der Waals surface area (Å²) < 4.78 is 1.09. The second-order valence-corrected chi connectivity index (χ2v) is 10.8. The van der Waals surface area contributed by atoms with Crippen molar-refractivity contribution < 1.29 is 0 Å². The third-order valence-electron chi connectivity index (χ3n) is 7.87. The zero-order valence-corrected chi connectivity index (χ0v) is 23.0. The largest absolute Gasteiger partial charge is 0.354 e. The zero-order valence-electron chi connectivity index (χ0n) is 21.4. The highest BCUT2D eigenvalue weighted by Crippen LogP contribution is 2.41. The van der Waals surface area contributed by atoms with E-state index in [1.165, 1.54) is 61.3 Å². The molecule has 2 heterocycles. The molecule has 0 radical (unpaired) electrons. The minimum atomic E-state index is 0.999. The average molecular weight is 536 g/mol. The zero-order chi connectivity index (χ0) is 25.0. The van der Waals surface area contributed by atoms with Crippen molar-refractivity contribution in [2.45, 2.75) is 53.4 Å². The van der Waals surface area contributed by atoms with Crippen LogP contribution < -0.4 is 0 Å². The van der Waals surface area contributed by atoms with E-state index in [9.17, 15) is 0 Å². The number of halogens is 1. The first-order valence-electron chi connectivity index (χ1n) is 13.1. The van der Waals surface area contributed by atoms with Crippen molar-refractivity contribution >= 4 is 33.4 Å². The van der Waals surface area contributed by atoms with Gasteiger partial charge in [-0.25, -0.2) is 4.99 Å². The predicted molar refractivity (Wildman–Crippen MR) is 156 cm³/mol. The lowest BCUT2D eigenvalue weighted by atomic mass is 9.88. The number of hydrogen-bond donors (Lipinski definition) is 1. The van der Waals surface area contributed by atoms with E-state index in [1.807, 2.05) is 0 Å². The summed E-state index contributed by atoms with van der Waals surface area (Å²) in [6.07, 6.45) is 6.31. The first kappa shape index (κ1) is 23.2. The van der Waals surface area contributed by atoms with Gasteiger partial charge in [0.05, 0.1) is 11.4 Å². The third kappa shape index (κ3) is 3.64. The summed E-state index contributed by atoms with van der Waals surface area (Å²) in [5.41, 5.74) is 18.0. The van der Waals surface area contributed by atoms with Crippen molar-refractivity contribution in [2.75, 3.05) is 0 Å². The molecule has 3 aromatic carbocycles. The van der Waals surface area contributed by atoms with E-state index < -0.39 is 0 Å². The molecule has 0 saturated carbocycles. The van der Waals surface area contributed by atoms with Crippen LogP contribution in [0.15, 0.2) is 64.1 Å². The fourth-order valence-corrected chi connectivity index (χ4v) is 6.24. The number of aromatic amines is 1. The molecule has 0 spiro atoms. The van der Waals surface area contributed by atoms with Gasteiger partial charge in [0.25, 0.3) is 0 Å². The number of benzene rings is 3. The SMILES string of the molecule is CCc1cc(CC)c(C2=NC(=Cc3[nH]c4c(c3C)Cc3ccccc3-4)c3ccc(Br)cc32)c(CC)c1. The second-order valence-electron chi connectivity index (χ2n) is 9.88. The van der Waals surface area contributed by atoms with Crippen LogP contribution in [0.1, 0.15) is 76.5 Å². The maximum atomic E-state index is 5.34. The highest BCUT2D eigenvalue weighted by molar-refractivity contribution is 9.10. The Bertz CT molecular complexity index is 1560.